The second kappa shape index (κ2) is 6.52. The summed E-state index contributed by atoms with van der Waals surface area (Å²) in [5, 5.41) is 12.5. The molecule has 0 saturated carbocycles. The number of benzene rings is 1. The number of carbonyl (C=O) groups excluding carboxylic acids is 1. The van der Waals surface area contributed by atoms with Gasteiger partial charge in [-0.05, 0) is 24.0 Å². The van der Waals surface area contributed by atoms with E-state index < -0.39 is 0 Å². The average Bonchev–Trinajstić information content (AvgIpc) is 2.39. The van der Waals surface area contributed by atoms with Crippen LogP contribution in [0, 0.1) is 0 Å². The molecule has 2 rings (SSSR count). The first-order valence-electron chi connectivity index (χ1n) is 6.44. The largest absolute Gasteiger partial charge is 0.392 e. The quantitative estimate of drug-likeness (QED) is 0.571. The molecule has 1 aromatic carbocycles. The van der Waals surface area contributed by atoms with Crippen LogP contribution in [0.1, 0.15) is 17.5 Å². The number of hydrogen-bond acceptors (Lipinski definition) is 3. The van der Waals surface area contributed by atoms with Crippen molar-refractivity contribution in [2.24, 2.45) is 0 Å². The second-order valence-electron chi connectivity index (χ2n) is 4.77. The molecule has 98 valence electrons. The minimum Gasteiger partial charge on any atom is -0.392 e. The van der Waals surface area contributed by atoms with Crippen molar-refractivity contribution in [2.75, 3.05) is 19.6 Å². The van der Waals surface area contributed by atoms with Gasteiger partial charge in [-0.2, -0.15) is 0 Å². The van der Waals surface area contributed by atoms with E-state index in [-0.39, 0.29) is 6.10 Å². The van der Waals surface area contributed by atoms with Gasteiger partial charge in [0.2, 0.25) is 6.41 Å². The minimum atomic E-state index is -0.372. The Labute approximate surface area is 108 Å². The van der Waals surface area contributed by atoms with Gasteiger partial charge in [0.1, 0.15) is 0 Å². The standard InChI is InChI=1S/C14H20N2O2/c17-11-15-7-5-14(18)10-16-8-6-12-3-1-2-4-13(12)9-16/h1-4,11,14,18H,5-10H2,(H,15,17). The van der Waals surface area contributed by atoms with Crippen molar-refractivity contribution in [3.63, 3.8) is 0 Å². The second-order valence-corrected chi connectivity index (χ2v) is 4.77. The molecule has 1 heterocycles. The summed E-state index contributed by atoms with van der Waals surface area (Å²) in [6.45, 7) is 3.12. The van der Waals surface area contributed by atoms with Crippen LogP contribution in [0.25, 0.3) is 0 Å². The van der Waals surface area contributed by atoms with Crippen LogP contribution < -0.4 is 5.32 Å². The number of nitrogens with one attached hydrogen (secondary N) is 1. The van der Waals surface area contributed by atoms with E-state index >= 15 is 0 Å². The van der Waals surface area contributed by atoms with Crippen molar-refractivity contribution in [1.29, 1.82) is 0 Å². The van der Waals surface area contributed by atoms with E-state index in [0.29, 0.717) is 25.9 Å². The molecular formula is C14H20N2O2. The molecule has 4 heteroatoms. The minimum absolute atomic E-state index is 0.372. The Morgan fingerprint density at radius 1 is 1.39 bits per heavy atom. The highest BCUT2D eigenvalue weighted by Crippen LogP contribution is 2.18. The van der Waals surface area contributed by atoms with Crippen LogP contribution in [0.5, 0.6) is 0 Å². The average molecular weight is 248 g/mol. The number of carbonyl (C=O) groups is 1. The first-order valence-corrected chi connectivity index (χ1v) is 6.44. The van der Waals surface area contributed by atoms with Crippen molar-refractivity contribution in [1.82, 2.24) is 10.2 Å². The number of amides is 1. The molecule has 18 heavy (non-hydrogen) atoms. The normalized spacial score (nSPS) is 16.9. The summed E-state index contributed by atoms with van der Waals surface area (Å²) in [6.07, 6.45) is 1.96. The van der Waals surface area contributed by atoms with Gasteiger partial charge < -0.3 is 10.4 Å². The predicted molar refractivity (Wildman–Crippen MR) is 70.1 cm³/mol. The molecule has 0 fully saturated rings. The summed E-state index contributed by atoms with van der Waals surface area (Å²) in [5.41, 5.74) is 2.79. The lowest BCUT2D eigenvalue weighted by Crippen LogP contribution is -2.37. The van der Waals surface area contributed by atoms with Crippen LogP contribution in [0.4, 0.5) is 0 Å². The highest BCUT2D eigenvalue weighted by Gasteiger charge is 2.17. The Morgan fingerprint density at radius 2 is 2.17 bits per heavy atom. The number of aliphatic hydroxyl groups excluding tert-OH is 1. The highest BCUT2D eigenvalue weighted by atomic mass is 16.3. The number of β-amino-alcohol motifs (C(OH)–C–C–N with tert-alkyl or cyclic N) is 1. The Hall–Kier alpha value is -1.39. The first kappa shape index (κ1) is 13.1. The van der Waals surface area contributed by atoms with Gasteiger partial charge in [0.05, 0.1) is 6.10 Å². The van der Waals surface area contributed by atoms with E-state index in [2.05, 4.69) is 34.5 Å². The predicted octanol–water partition coefficient (Wildman–Crippen LogP) is 0.542. The van der Waals surface area contributed by atoms with Crippen LogP contribution in [0.2, 0.25) is 0 Å². The van der Waals surface area contributed by atoms with E-state index in [1.165, 1.54) is 11.1 Å². The summed E-state index contributed by atoms with van der Waals surface area (Å²) in [7, 11) is 0. The Bertz CT molecular complexity index is 395. The summed E-state index contributed by atoms with van der Waals surface area (Å²) < 4.78 is 0. The molecule has 0 aromatic heterocycles. The van der Waals surface area contributed by atoms with Crippen LogP contribution in [0.3, 0.4) is 0 Å². The fourth-order valence-electron chi connectivity index (χ4n) is 2.41. The van der Waals surface area contributed by atoms with Crippen molar-refractivity contribution in [2.45, 2.75) is 25.5 Å². The van der Waals surface area contributed by atoms with Crippen LogP contribution in [-0.2, 0) is 17.8 Å². The number of aliphatic hydroxyl groups is 1. The zero-order valence-corrected chi connectivity index (χ0v) is 10.5. The third-order valence-electron chi connectivity index (χ3n) is 3.38. The maximum absolute atomic E-state index is 10.1. The fraction of sp³-hybridized carbons (Fsp3) is 0.500. The molecule has 0 aliphatic carbocycles. The zero-order valence-electron chi connectivity index (χ0n) is 10.5. The Morgan fingerprint density at radius 3 is 2.94 bits per heavy atom. The van der Waals surface area contributed by atoms with Gasteiger partial charge in [-0.1, -0.05) is 24.3 Å². The van der Waals surface area contributed by atoms with Crippen molar-refractivity contribution < 1.29 is 9.90 Å². The van der Waals surface area contributed by atoms with Crippen molar-refractivity contribution in [3.05, 3.63) is 35.4 Å². The number of nitrogens with zero attached hydrogens (tertiary/aromatic N) is 1. The Balaban J connectivity index is 1.80. The molecule has 1 aromatic rings. The maximum Gasteiger partial charge on any atom is 0.207 e. The van der Waals surface area contributed by atoms with Crippen LogP contribution >= 0.6 is 0 Å². The summed E-state index contributed by atoms with van der Waals surface area (Å²) >= 11 is 0. The topological polar surface area (TPSA) is 52.6 Å². The summed E-state index contributed by atoms with van der Waals surface area (Å²) in [6, 6.07) is 8.47. The molecule has 0 bridgehead atoms. The number of fused-ring (bicyclic) bond motifs is 1. The summed E-state index contributed by atoms with van der Waals surface area (Å²) in [5.74, 6) is 0. The van der Waals surface area contributed by atoms with Crippen molar-refractivity contribution >= 4 is 6.41 Å². The molecule has 1 amide bonds. The van der Waals surface area contributed by atoms with Gasteiger partial charge in [-0.25, -0.2) is 0 Å². The summed E-state index contributed by atoms with van der Waals surface area (Å²) in [4.78, 5) is 12.4. The lowest BCUT2D eigenvalue weighted by molar-refractivity contribution is -0.109. The highest BCUT2D eigenvalue weighted by molar-refractivity contribution is 5.45. The molecular weight excluding hydrogens is 228 g/mol. The third-order valence-corrected chi connectivity index (χ3v) is 3.38. The van der Waals surface area contributed by atoms with E-state index in [1.807, 2.05) is 0 Å². The van der Waals surface area contributed by atoms with Gasteiger partial charge in [-0.15, -0.1) is 0 Å². The van der Waals surface area contributed by atoms with E-state index in [1.54, 1.807) is 0 Å². The monoisotopic (exact) mass is 248 g/mol. The molecule has 1 aliphatic rings. The van der Waals surface area contributed by atoms with Gasteiger partial charge in [0.15, 0.2) is 0 Å². The van der Waals surface area contributed by atoms with E-state index in [9.17, 15) is 9.90 Å². The molecule has 4 nitrogen and oxygen atoms in total. The van der Waals surface area contributed by atoms with Crippen LogP contribution in [0.15, 0.2) is 24.3 Å². The van der Waals surface area contributed by atoms with Crippen LogP contribution in [-0.4, -0.2) is 42.2 Å². The molecule has 1 atom stereocenters. The first-order chi connectivity index (χ1) is 8.79. The third kappa shape index (κ3) is 3.55. The van der Waals surface area contributed by atoms with E-state index in [4.69, 9.17) is 0 Å². The smallest absolute Gasteiger partial charge is 0.207 e. The van der Waals surface area contributed by atoms with Gasteiger partial charge in [0.25, 0.3) is 0 Å². The molecule has 2 N–H and O–H groups in total. The van der Waals surface area contributed by atoms with Gasteiger partial charge in [-0.3, -0.25) is 9.69 Å². The number of hydrogen-bond donors (Lipinski definition) is 2. The van der Waals surface area contributed by atoms with Gasteiger partial charge >= 0.3 is 0 Å². The zero-order chi connectivity index (χ0) is 12.8. The maximum atomic E-state index is 10.1. The number of rotatable bonds is 6. The molecule has 0 radical (unpaired) electrons. The lowest BCUT2D eigenvalue weighted by atomic mass is 9.99. The van der Waals surface area contributed by atoms with Gasteiger partial charge in [0, 0.05) is 26.2 Å². The molecule has 0 spiro atoms. The van der Waals surface area contributed by atoms with Crippen molar-refractivity contribution in [3.8, 4) is 0 Å². The molecule has 1 unspecified atom stereocenters. The Kier molecular flexibility index (Phi) is 4.73. The SMILES string of the molecule is O=CNCCC(O)CN1CCc2ccccc2C1. The lowest BCUT2D eigenvalue weighted by Gasteiger charge is -2.30. The molecule has 1 aliphatic heterocycles. The fourth-order valence-corrected chi connectivity index (χ4v) is 2.41. The van der Waals surface area contributed by atoms with E-state index in [0.717, 1.165) is 19.5 Å². The molecule has 0 saturated heterocycles.